The van der Waals surface area contributed by atoms with Gasteiger partial charge in [0.25, 0.3) is 0 Å². The van der Waals surface area contributed by atoms with E-state index in [0.717, 1.165) is 24.4 Å². The lowest BCUT2D eigenvalue weighted by atomic mass is 10.0. The van der Waals surface area contributed by atoms with Crippen molar-refractivity contribution in [3.05, 3.63) is 52.5 Å². The van der Waals surface area contributed by atoms with Gasteiger partial charge in [-0.25, -0.2) is 9.97 Å². The second-order valence-electron chi connectivity index (χ2n) is 4.73. The van der Waals surface area contributed by atoms with Crippen LogP contribution < -0.4 is 5.73 Å². The molecule has 1 heterocycles. The van der Waals surface area contributed by atoms with Crippen molar-refractivity contribution < 1.29 is 0 Å². The Balaban J connectivity index is 2.30. The fourth-order valence-electron chi connectivity index (χ4n) is 2.19. The van der Waals surface area contributed by atoms with Gasteiger partial charge in [0, 0.05) is 18.2 Å². The Hall–Kier alpha value is -1.90. The molecule has 0 saturated carbocycles. The van der Waals surface area contributed by atoms with Gasteiger partial charge in [-0.15, -0.1) is 0 Å². The second-order valence-corrected chi connectivity index (χ2v) is 4.73. The van der Waals surface area contributed by atoms with Crippen molar-refractivity contribution in [2.24, 2.45) is 0 Å². The van der Waals surface area contributed by atoms with Gasteiger partial charge < -0.3 is 5.73 Å². The molecule has 1 aromatic heterocycles. The van der Waals surface area contributed by atoms with Crippen LogP contribution in [0.3, 0.4) is 0 Å². The maximum absolute atomic E-state index is 5.80. The van der Waals surface area contributed by atoms with Crippen LogP contribution >= 0.6 is 0 Å². The first-order valence-electron chi connectivity index (χ1n) is 6.26. The van der Waals surface area contributed by atoms with Gasteiger partial charge in [-0.2, -0.15) is 0 Å². The molecule has 1 aromatic carbocycles. The maximum atomic E-state index is 5.80. The molecular formula is C15H19N3. The molecule has 0 fully saturated rings. The molecular weight excluding hydrogens is 222 g/mol. The van der Waals surface area contributed by atoms with Crippen LogP contribution in [-0.4, -0.2) is 9.97 Å². The third-order valence-corrected chi connectivity index (χ3v) is 2.85. The summed E-state index contributed by atoms with van der Waals surface area (Å²) >= 11 is 0. The fourth-order valence-corrected chi connectivity index (χ4v) is 2.19. The lowest BCUT2D eigenvalue weighted by Gasteiger charge is -2.06. The quantitative estimate of drug-likeness (QED) is 0.899. The summed E-state index contributed by atoms with van der Waals surface area (Å²) in [5.41, 5.74) is 10.6. The van der Waals surface area contributed by atoms with E-state index in [2.05, 4.69) is 48.9 Å². The molecule has 3 nitrogen and oxygen atoms in total. The zero-order chi connectivity index (χ0) is 13.1. The summed E-state index contributed by atoms with van der Waals surface area (Å²) in [6, 6.07) is 8.35. The minimum absolute atomic E-state index is 0.557. The number of anilines is 1. The number of hydrogen-bond donors (Lipinski definition) is 1. The maximum Gasteiger partial charge on any atom is 0.135 e. The molecule has 0 saturated heterocycles. The minimum atomic E-state index is 0.557. The van der Waals surface area contributed by atoms with E-state index in [0.29, 0.717) is 5.82 Å². The monoisotopic (exact) mass is 241 g/mol. The Morgan fingerprint density at radius 3 is 2.28 bits per heavy atom. The third kappa shape index (κ3) is 3.06. The molecule has 18 heavy (non-hydrogen) atoms. The minimum Gasteiger partial charge on any atom is -0.384 e. The molecule has 94 valence electrons. The number of benzene rings is 1. The van der Waals surface area contributed by atoms with E-state index in [-0.39, 0.29) is 0 Å². The Kier molecular flexibility index (Phi) is 3.60. The SMILES string of the molecule is CCc1cc(N)nc(Cc2cc(C)cc(C)c2)n1. The van der Waals surface area contributed by atoms with Gasteiger partial charge >= 0.3 is 0 Å². The van der Waals surface area contributed by atoms with Gasteiger partial charge in [0.1, 0.15) is 11.6 Å². The standard InChI is InChI=1S/C15H19N3/c1-4-13-9-14(16)18-15(17-13)8-12-6-10(2)5-11(3)7-12/h5-7,9H,4,8H2,1-3H3,(H2,16,17,18). The molecule has 0 aliphatic heterocycles. The van der Waals surface area contributed by atoms with Crippen molar-refractivity contribution in [1.82, 2.24) is 9.97 Å². The van der Waals surface area contributed by atoms with Crippen LogP contribution in [0.5, 0.6) is 0 Å². The predicted molar refractivity (Wildman–Crippen MR) is 74.5 cm³/mol. The Morgan fingerprint density at radius 2 is 1.67 bits per heavy atom. The highest BCUT2D eigenvalue weighted by atomic mass is 14.9. The van der Waals surface area contributed by atoms with E-state index in [9.17, 15) is 0 Å². The zero-order valence-corrected chi connectivity index (χ0v) is 11.2. The van der Waals surface area contributed by atoms with Crippen LogP contribution in [0.4, 0.5) is 5.82 Å². The third-order valence-electron chi connectivity index (χ3n) is 2.85. The largest absolute Gasteiger partial charge is 0.384 e. The van der Waals surface area contributed by atoms with Gasteiger partial charge in [-0.05, 0) is 25.8 Å². The normalized spacial score (nSPS) is 10.6. The molecule has 3 heteroatoms. The molecule has 0 aliphatic carbocycles. The summed E-state index contributed by atoms with van der Waals surface area (Å²) < 4.78 is 0. The van der Waals surface area contributed by atoms with Crippen LogP contribution in [0, 0.1) is 13.8 Å². The van der Waals surface area contributed by atoms with Crippen LogP contribution in [0.2, 0.25) is 0 Å². The number of aromatic nitrogens is 2. The van der Waals surface area contributed by atoms with E-state index >= 15 is 0 Å². The average molecular weight is 241 g/mol. The Morgan fingerprint density at radius 1 is 1.00 bits per heavy atom. The smallest absolute Gasteiger partial charge is 0.135 e. The number of aryl methyl sites for hydroxylation is 3. The number of hydrogen-bond acceptors (Lipinski definition) is 3. The van der Waals surface area contributed by atoms with E-state index in [1.165, 1.54) is 16.7 Å². The average Bonchev–Trinajstić information content (AvgIpc) is 2.26. The molecule has 0 spiro atoms. The van der Waals surface area contributed by atoms with E-state index in [4.69, 9.17) is 5.73 Å². The first kappa shape index (κ1) is 12.6. The van der Waals surface area contributed by atoms with E-state index in [1.54, 1.807) is 0 Å². The summed E-state index contributed by atoms with van der Waals surface area (Å²) in [5.74, 6) is 1.36. The molecule has 0 bridgehead atoms. The molecule has 0 atom stereocenters. The van der Waals surface area contributed by atoms with Crippen molar-refractivity contribution in [3.63, 3.8) is 0 Å². The summed E-state index contributed by atoms with van der Waals surface area (Å²) in [6.45, 7) is 6.28. The molecule has 0 radical (unpaired) electrons. The Bertz CT molecular complexity index is 541. The first-order chi connectivity index (χ1) is 8.56. The Labute approximate surface area is 108 Å². The van der Waals surface area contributed by atoms with Crippen LogP contribution in [0.1, 0.15) is 35.1 Å². The fraction of sp³-hybridized carbons (Fsp3) is 0.333. The summed E-state index contributed by atoms with van der Waals surface area (Å²) in [6.07, 6.45) is 1.62. The molecule has 0 amide bonds. The lowest BCUT2D eigenvalue weighted by Crippen LogP contribution is -2.04. The summed E-state index contributed by atoms with van der Waals surface area (Å²) in [4.78, 5) is 8.82. The van der Waals surface area contributed by atoms with Crippen molar-refractivity contribution in [2.75, 3.05) is 5.73 Å². The molecule has 2 aromatic rings. The van der Waals surface area contributed by atoms with E-state index in [1.807, 2.05) is 6.07 Å². The number of rotatable bonds is 3. The molecule has 0 aliphatic rings. The predicted octanol–water partition coefficient (Wildman–Crippen LogP) is 2.83. The van der Waals surface area contributed by atoms with Crippen molar-refractivity contribution in [1.29, 1.82) is 0 Å². The highest BCUT2D eigenvalue weighted by Crippen LogP contribution is 2.13. The zero-order valence-electron chi connectivity index (χ0n) is 11.2. The number of nitrogens with zero attached hydrogens (tertiary/aromatic N) is 2. The highest BCUT2D eigenvalue weighted by molar-refractivity contribution is 5.33. The summed E-state index contributed by atoms with van der Waals surface area (Å²) in [5, 5.41) is 0. The van der Waals surface area contributed by atoms with Crippen molar-refractivity contribution in [2.45, 2.75) is 33.6 Å². The van der Waals surface area contributed by atoms with Gasteiger partial charge in [0.05, 0.1) is 0 Å². The first-order valence-corrected chi connectivity index (χ1v) is 6.26. The topological polar surface area (TPSA) is 51.8 Å². The lowest BCUT2D eigenvalue weighted by molar-refractivity contribution is 0.910. The van der Waals surface area contributed by atoms with Crippen LogP contribution in [0.15, 0.2) is 24.3 Å². The molecule has 2 rings (SSSR count). The molecule has 0 unspecified atom stereocenters. The van der Waals surface area contributed by atoms with Gasteiger partial charge in [-0.3, -0.25) is 0 Å². The highest BCUT2D eigenvalue weighted by Gasteiger charge is 2.04. The van der Waals surface area contributed by atoms with Crippen LogP contribution in [-0.2, 0) is 12.8 Å². The van der Waals surface area contributed by atoms with Gasteiger partial charge in [0.2, 0.25) is 0 Å². The van der Waals surface area contributed by atoms with E-state index < -0.39 is 0 Å². The number of nitrogen functional groups attached to an aromatic ring is 1. The van der Waals surface area contributed by atoms with Gasteiger partial charge in [-0.1, -0.05) is 36.2 Å². The van der Waals surface area contributed by atoms with Gasteiger partial charge in [0.15, 0.2) is 0 Å². The van der Waals surface area contributed by atoms with Crippen molar-refractivity contribution >= 4 is 5.82 Å². The van der Waals surface area contributed by atoms with Crippen molar-refractivity contribution in [3.8, 4) is 0 Å². The number of nitrogens with two attached hydrogens (primary N) is 1. The molecule has 2 N–H and O–H groups in total. The van der Waals surface area contributed by atoms with Crippen LogP contribution in [0.25, 0.3) is 0 Å². The second kappa shape index (κ2) is 5.17. The summed E-state index contributed by atoms with van der Waals surface area (Å²) in [7, 11) is 0.